The lowest BCUT2D eigenvalue weighted by atomic mass is 9.84. The molecule has 1 aromatic heterocycles. The maximum atomic E-state index is 12.3. The standard InChI is InChI=1S/C25H31NO5/c1-15-13-20-19(12-11-18(26-20)14-30-16(2)27)22(17-9-7-6-8-10-17)21(15)23(24(28)29)31-25(3,4)5/h9,11-13,23H,6-8,10,14H2,1-5H3,(H,28,29). The van der Waals surface area contributed by atoms with Crippen molar-refractivity contribution in [2.75, 3.05) is 0 Å². The van der Waals surface area contributed by atoms with E-state index in [-0.39, 0.29) is 12.6 Å². The minimum Gasteiger partial charge on any atom is -0.479 e. The molecule has 1 heterocycles. The van der Waals surface area contributed by atoms with Crippen LogP contribution >= 0.6 is 0 Å². The Morgan fingerprint density at radius 1 is 1.23 bits per heavy atom. The quantitative estimate of drug-likeness (QED) is 0.615. The van der Waals surface area contributed by atoms with E-state index in [1.165, 1.54) is 6.92 Å². The molecule has 0 saturated heterocycles. The van der Waals surface area contributed by atoms with Crippen LogP contribution in [-0.4, -0.2) is 27.6 Å². The monoisotopic (exact) mass is 425 g/mol. The Morgan fingerprint density at radius 2 is 1.97 bits per heavy atom. The van der Waals surface area contributed by atoms with Gasteiger partial charge in [-0.25, -0.2) is 9.78 Å². The summed E-state index contributed by atoms with van der Waals surface area (Å²) in [5.41, 5.74) is 4.37. The molecular formula is C25H31NO5. The summed E-state index contributed by atoms with van der Waals surface area (Å²) < 4.78 is 11.1. The number of aryl methyl sites for hydroxylation is 1. The third kappa shape index (κ3) is 5.50. The highest BCUT2D eigenvalue weighted by atomic mass is 16.5. The van der Waals surface area contributed by atoms with Gasteiger partial charge in [-0.05, 0) is 82.2 Å². The molecule has 31 heavy (non-hydrogen) atoms. The number of hydrogen-bond donors (Lipinski definition) is 1. The number of benzene rings is 1. The normalized spacial score (nSPS) is 15.5. The molecule has 6 nitrogen and oxygen atoms in total. The number of carboxylic acid groups (broad SMARTS) is 1. The Morgan fingerprint density at radius 3 is 2.55 bits per heavy atom. The summed E-state index contributed by atoms with van der Waals surface area (Å²) in [4.78, 5) is 28.2. The van der Waals surface area contributed by atoms with Gasteiger partial charge in [0.1, 0.15) is 6.61 Å². The minimum absolute atomic E-state index is 0.106. The third-order valence-corrected chi connectivity index (χ3v) is 5.29. The number of ether oxygens (including phenoxy) is 2. The van der Waals surface area contributed by atoms with Crippen LogP contribution in [0.1, 0.15) is 81.9 Å². The van der Waals surface area contributed by atoms with Gasteiger partial charge in [0.05, 0.1) is 16.8 Å². The summed E-state index contributed by atoms with van der Waals surface area (Å²) in [7, 11) is 0. The van der Waals surface area contributed by atoms with Gasteiger partial charge in [-0.3, -0.25) is 4.79 Å². The highest BCUT2D eigenvalue weighted by Gasteiger charge is 2.32. The first-order valence-corrected chi connectivity index (χ1v) is 10.7. The van der Waals surface area contributed by atoms with Crippen molar-refractivity contribution in [3.8, 4) is 0 Å². The average Bonchev–Trinajstić information content (AvgIpc) is 2.69. The summed E-state index contributed by atoms with van der Waals surface area (Å²) in [6.07, 6.45) is 5.19. The van der Waals surface area contributed by atoms with Crippen molar-refractivity contribution >= 4 is 28.4 Å². The van der Waals surface area contributed by atoms with Gasteiger partial charge in [-0.1, -0.05) is 12.1 Å². The van der Waals surface area contributed by atoms with E-state index in [0.717, 1.165) is 53.3 Å². The summed E-state index contributed by atoms with van der Waals surface area (Å²) in [5.74, 6) is -1.36. The molecule has 1 unspecified atom stereocenters. The number of carbonyl (C=O) groups is 2. The first kappa shape index (κ1) is 22.9. The molecule has 0 bridgehead atoms. The predicted octanol–water partition coefficient (Wildman–Crippen LogP) is 5.50. The molecule has 1 N–H and O–H groups in total. The highest BCUT2D eigenvalue weighted by molar-refractivity contribution is 5.96. The average molecular weight is 426 g/mol. The SMILES string of the molecule is CC(=O)OCc1ccc2c(C3=CCCCC3)c(C(OC(C)(C)C)C(=O)O)c(C)cc2n1. The van der Waals surface area contributed by atoms with Crippen molar-refractivity contribution < 1.29 is 24.2 Å². The number of esters is 1. The molecule has 0 spiro atoms. The molecule has 2 aromatic rings. The molecule has 0 amide bonds. The number of nitrogens with zero attached hydrogens (tertiary/aromatic N) is 1. The second kappa shape index (κ2) is 9.18. The first-order valence-electron chi connectivity index (χ1n) is 10.7. The van der Waals surface area contributed by atoms with Gasteiger partial charge in [0.2, 0.25) is 0 Å². The molecule has 3 rings (SSSR count). The van der Waals surface area contributed by atoms with Crippen LogP contribution in [0.5, 0.6) is 0 Å². The van der Waals surface area contributed by atoms with Crippen molar-refractivity contribution in [1.82, 2.24) is 4.98 Å². The number of aromatic nitrogens is 1. The van der Waals surface area contributed by atoms with Crippen molar-refractivity contribution in [3.63, 3.8) is 0 Å². The summed E-state index contributed by atoms with van der Waals surface area (Å²) in [5, 5.41) is 11.0. The molecule has 0 aliphatic heterocycles. The van der Waals surface area contributed by atoms with Crippen LogP contribution in [-0.2, 0) is 25.7 Å². The Labute approximate surface area is 183 Å². The maximum Gasteiger partial charge on any atom is 0.337 e. The van der Waals surface area contributed by atoms with Gasteiger partial charge in [-0.15, -0.1) is 0 Å². The lowest BCUT2D eigenvalue weighted by Gasteiger charge is -2.29. The molecule has 0 radical (unpaired) electrons. The summed E-state index contributed by atoms with van der Waals surface area (Å²) in [6.45, 7) is 8.97. The largest absolute Gasteiger partial charge is 0.479 e. The van der Waals surface area contributed by atoms with E-state index in [9.17, 15) is 14.7 Å². The van der Waals surface area contributed by atoms with Gasteiger partial charge in [0, 0.05) is 17.9 Å². The second-order valence-corrected chi connectivity index (χ2v) is 9.06. The fraction of sp³-hybridized carbons (Fsp3) is 0.480. The van der Waals surface area contributed by atoms with Crippen LogP contribution < -0.4 is 0 Å². The molecule has 1 aliphatic rings. The Kier molecular flexibility index (Phi) is 6.80. The Balaban J connectivity index is 2.24. The number of carbonyl (C=O) groups excluding carboxylic acids is 1. The summed E-state index contributed by atoms with van der Waals surface area (Å²) >= 11 is 0. The fourth-order valence-corrected chi connectivity index (χ4v) is 4.05. The predicted molar refractivity (Wildman–Crippen MR) is 120 cm³/mol. The zero-order valence-electron chi connectivity index (χ0n) is 18.9. The van der Waals surface area contributed by atoms with E-state index >= 15 is 0 Å². The van der Waals surface area contributed by atoms with Crippen LogP contribution in [0.25, 0.3) is 16.5 Å². The fourth-order valence-electron chi connectivity index (χ4n) is 4.05. The Hall–Kier alpha value is -2.73. The minimum atomic E-state index is -1.08. The van der Waals surface area contributed by atoms with Crippen LogP contribution in [0, 0.1) is 6.92 Å². The first-order chi connectivity index (χ1) is 14.6. The zero-order valence-corrected chi connectivity index (χ0v) is 18.9. The molecule has 1 aliphatic carbocycles. The van der Waals surface area contributed by atoms with Crippen molar-refractivity contribution in [2.45, 2.75) is 78.6 Å². The van der Waals surface area contributed by atoms with E-state index in [0.29, 0.717) is 11.3 Å². The van der Waals surface area contributed by atoms with Crippen LogP contribution in [0.4, 0.5) is 0 Å². The smallest absolute Gasteiger partial charge is 0.337 e. The van der Waals surface area contributed by atoms with E-state index in [1.54, 1.807) is 0 Å². The van der Waals surface area contributed by atoms with Crippen molar-refractivity contribution in [3.05, 3.63) is 46.7 Å². The number of fused-ring (bicyclic) bond motifs is 1. The number of carboxylic acids is 1. The zero-order chi connectivity index (χ0) is 22.8. The molecule has 0 saturated carbocycles. The lowest BCUT2D eigenvalue weighted by molar-refractivity contribution is -0.160. The van der Waals surface area contributed by atoms with E-state index in [1.807, 2.05) is 45.9 Å². The van der Waals surface area contributed by atoms with E-state index in [4.69, 9.17) is 14.5 Å². The van der Waals surface area contributed by atoms with Gasteiger partial charge in [-0.2, -0.15) is 0 Å². The van der Waals surface area contributed by atoms with Crippen LogP contribution in [0.3, 0.4) is 0 Å². The molecular weight excluding hydrogens is 394 g/mol. The molecule has 6 heteroatoms. The topological polar surface area (TPSA) is 85.7 Å². The number of aliphatic carboxylic acids is 1. The molecule has 0 fully saturated rings. The van der Waals surface area contributed by atoms with E-state index in [2.05, 4.69) is 6.08 Å². The van der Waals surface area contributed by atoms with Gasteiger partial charge in [0.25, 0.3) is 0 Å². The third-order valence-electron chi connectivity index (χ3n) is 5.29. The number of allylic oxidation sites excluding steroid dienone is 2. The number of rotatable bonds is 6. The Bertz CT molecular complexity index is 1030. The van der Waals surface area contributed by atoms with E-state index < -0.39 is 17.7 Å². The molecule has 166 valence electrons. The highest BCUT2D eigenvalue weighted by Crippen LogP contribution is 2.40. The van der Waals surface area contributed by atoms with Crippen LogP contribution in [0.15, 0.2) is 24.3 Å². The second-order valence-electron chi connectivity index (χ2n) is 9.06. The van der Waals surface area contributed by atoms with Gasteiger partial charge in [0.15, 0.2) is 6.10 Å². The molecule has 1 aromatic carbocycles. The van der Waals surface area contributed by atoms with Crippen LogP contribution in [0.2, 0.25) is 0 Å². The number of pyridine rings is 1. The number of hydrogen-bond acceptors (Lipinski definition) is 5. The lowest BCUT2D eigenvalue weighted by Crippen LogP contribution is -2.28. The van der Waals surface area contributed by atoms with Gasteiger partial charge >= 0.3 is 11.9 Å². The van der Waals surface area contributed by atoms with Crippen molar-refractivity contribution in [1.29, 1.82) is 0 Å². The maximum absolute atomic E-state index is 12.3. The molecule has 1 atom stereocenters. The van der Waals surface area contributed by atoms with Gasteiger partial charge < -0.3 is 14.6 Å². The van der Waals surface area contributed by atoms with Crippen molar-refractivity contribution in [2.24, 2.45) is 0 Å². The summed E-state index contributed by atoms with van der Waals surface area (Å²) in [6, 6.07) is 5.68.